The molecule has 1 amide bonds. The van der Waals surface area contributed by atoms with Crippen molar-refractivity contribution < 1.29 is 4.79 Å². The Hall–Kier alpha value is -1.81. The van der Waals surface area contributed by atoms with E-state index in [1.54, 1.807) is 13.1 Å². The van der Waals surface area contributed by atoms with Gasteiger partial charge in [0.1, 0.15) is 0 Å². The van der Waals surface area contributed by atoms with E-state index in [4.69, 9.17) is 17.3 Å². The summed E-state index contributed by atoms with van der Waals surface area (Å²) in [5, 5.41) is 2.95. The number of halogens is 1. The molecule has 0 saturated heterocycles. The Morgan fingerprint density at radius 2 is 2.28 bits per heavy atom. The zero-order chi connectivity index (χ0) is 13.7. The van der Waals surface area contributed by atoms with E-state index in [9.17, 15) is 4.79 Å². The van der Waals surface area contributed by atoms with Crippen LogP contribution in [0.25, 0.3) is 0 Å². The number of allylic oxidation sites excluding steroid dienone is 5. The first-order chi connectivity index (χ1) is 8.49. The Labute approximate surface area is 112 Å². The van der Waals surface area contributed by atoms with E-state index in [1.807, 2.05) is 19.1 Å². The zero-order valence-electron chi connectivity index (χ0n) is 10.5. The highest BCUT2D eigenvalue weighted by Gasteiger charge is 2.19. The first-order valence-electron chi connectivity index (χ1n) is 5.44. The molecule has 0 bridgehead atoms. The molecule has 0 aromatic carbocycles. The van der Waals surface area contributed by atoms with Crippen LogP contribution < -0.4 is 11.1 Å². The van der Waals surface area contributed by atoms with Crippen molar-refractivity contribution >= 4 is 23.2 Å². The molecular weight excluding hydrogens is 250 g/mol. The summed E-state index contributed by atoms with van der Waals surface area (Å²) in [6.07, 6.45) is 5.66. The van der Waals surface area contributed by atoms with Crippen LogP contribution in [0.4, 0.5) is 0 Å². The average molecular weight is 266 g/mol. The smallest absolute Gasteiger partial charge is 0.230 e. The number of rotatable bonds is 3. The van der Waals surface area contributed by atoms with Crippen LogP contribution in [-0.4, -0.2) is 18.7 Å². The molecule has 0 radical (unpaired) electrons. The SMILES string of the molecule is C=C(N)NC(=O)CC1=C(Cl)C=C/C(=C/C)C1=NC. The molecule has 0 atom stereocenters. The summed E-state index contributed by atoms with van der Waals surface area (Å²) < 4.78 is 0. The lowest BCUT2D eigenvalue weighted by Gasteiger charge is -2.16. The second kappa shape index (κ2) is 6.21. The third kappa shape index (κ3) is 3.34. The number of carbonyl (C=O) groups is 1. The minimum absolute atomic E-state index is 0.114. The van der Waals surface area contributed by atoms with Gasteiger partial charge in [-0.25, -0.2) is 0 Å². The summed E-state index contributed by atoms with van der Waals surface area (Å²) >= 11 is 6.11. The van der Waals surface area contributed by atoms with Gasteiger partial charge in [0.2, 0.25) is 5.91 Å². The third-order valence-electron chi connectivity index (χ3n) is 2.43. The number of nitrogens with zero attached hydrogens (tertiary/aromatic N) is 1. The summed E-state index contributed by atoms with van der Waals surface area (Å²) in [7, 11) is 1.67. The van der Waals surface area contributed by atoms with E-state index < -0.39 is 0 Å². The van der Waals surface area contributed by atoms with Crippen molar-refractivity contribution in [3.05, 3.63) is 46.8 Å². The van der Waals surface area contributed by atoms with Gasteiger partial charge in [-0.15, -0.1) is 0 Å². The van der Waals surface area contributed by atoms with Crippen LogP contribution in [-0.2, 0) is 4.79 Å². The summed E-state index contributed by atoms with van der Waals surface area (Å²) in [6, 6.07) is 0. The van der Waals surface area contributed by atoms with Crippen LogP contribution in [0.2, 0.25) is 0 Å². The van der Waals surface area contributed by atoms with Crippen molar-refractivity contribution in [2.75, 3.05) is 7.05 Å². The molecule has 1 rings (SSSR count). The average Bonchev–Trinajstić information content (AvgIpc) is 2.30. The highest BCUT2D eigenvalue weighted by molar-refractivity contribution is 6.36. The molecule has 0 aromatic rings. The molecule has 0 aromatic heterocycles. The summed E-state index contributed by atoms with van der Waals surface area (Å²) in [5.41, 5.74) is 7.68. The maximum absolute atomic E-state index is 11.7. The molecule has 0 saturated carbocycles. The molecule has 1 aliphatic rings. The second-order valence-corrected chi connectivity index (χ2v) is 4.13. The lowest BCUT2D eigenvalue weighted by molar-refractivity contribution is -0.119. The van der Waals surface area contributed by atoms with Gasteiger partial charge in [-0.3, -0.25) is 9.79 Å². The van der Waals surface area contributed by atoms with Crippen molar-refractivity contribution in [1.29, 1.82) is 0 Å². The van der Waals surface area contributed by atoms with E-state index >= 15 is 0 Å². The highest BCUT2D eigenvalue weighted by atomic mass is 35.5. The predicted molar refractivity (Wildman–Crippen MR) is 75.2 cm³/mol. The van der Waals surface area contributed by atoms with Gasteiger partial charge in [0, 0.05) is 17.7 Å². The van der Waals surface area contributed by atoms with Gasteiger partial charge in [0.15, 0.2) is 0 Å². The Morgan fingerprint density at radius 1 is 1.61 bits per heavy atom. The lowest BCUT2D eigenvalue weighted by Crippen LogP contribution is -2.28. The van der Waals surface area contributed by atoms with Gasteiger partial charge in [-0.1, -0.05) is 30.3 Å². The lowest BCUT2D eigenvalue weighted by atomic mass is 9.94. The summed E-state index contributed by atoms with van der Waals surface area (Å²) in [6.45, 7) is 5.32. The maximum atomic E-state index is 11.7. The van der Waals surface area contributed by atoms with Crippen molar-refractivity contribution in [2.45, 2.75) is 13.3 Å². The zero-order valence-corrected chi connectivity index (χ0v) is 11.2. The first kappa shape index (κ1) is 14.3. The topological polar surface area (TPSA) is 67.5 Å². The largest absolute Gasteiger partial charge is 0.386 e. The standard InChI is InChI=1S/C13H16ClN3O/c1-4-9-5-6-11(14)10(13(9)16-3)7-12(18)17-8(2)15/h4-6H,2,7,15H2,1,3H3,(H,17,18)/b9-4-,16-13?. The molecule has 18 heavy (non-hydrogen) atoms. The molecule has 5 heteroatoms. The maximum Gasteiger partial charge on any atom is 0.230 e. The molecule has 1 aliphatic carbocycles. The molecule has 0 heterocycles. The van der Waals surface area contributed by atoms with Gasteiger partial charge < -0.3 is 11.1 Å². The molecule has 0 fully saturated rings. The quantitative estimate of drug-likeness (QED) is 0.820. The molecular formula is C13H16ClN3O. The van der Waals surface area contributed by atoms with Crippen LogP contribution in [0.15, 0.2) is 51.8 Å². The Bertz CT molecular complexity index is 498. The van der Waals surface area contributed by atoms with E-state index in [2.05, 4.69) is 16.9 Å². The second-order valence-electron chi connectivity index (χ2n) is 3.73. The molecule has 0 unspecified atom stereocenters. The van der Waals surface area contributed by atoms with Gasteiger partial charge >= 0.3 is 0 Å². The van der Waals surface area contributed by atoms with Crippen LogP contribution in [0, 0.1) is 0 Å². The van der Waals surface area contributed by atoms with Crippen LogP contribution >= 0.6 is 11.6 Å². The minimum Gasteiger partial charge on any atom is -0.386 e. The van der Waals surface area contributed by atoms with Crippen molar-refractivity contribution in [3.63, 3.8) is 0 Å². The van der Waals surface area contributed by atoms with Crippen LogP contribution in [0.5, 0.6) is 0 Å². The van der Waals surface area contributed by atoms with Gasteiger partial charge in [-0.2, -0.15) is 0 Å². The Balaban J connectivity index is 3.01. The van der Waals surface area contributed by atoms with Crippen molar-refractivity contribution in [3.8, 4) is 0 Å². The molecule has 0 aliphatic heterocycles. The van der Waals surface area contributed by atoms with Crippen LogP contribution in [0.1, 0.15) is 13.3 Å². The third-order valence-corrected chi connectivity index (χ3v) is 2.78. The van der Waals surface area contributed by atoms with Gasteiger partial charge in [-0.05, 0) is 18.6 Å². The highest BCUT2D eigenvalue weighted by Crippen LogP contribution is 2.26. The molecule has 4 nitrogen and oxygen atoms in total. The number of nitrogens with two attached hydrogens (primary N) is 1. The fraction of sp³-hybridized carbons (Fsp3) is 0.231. The molecule has 96 valence electrons. The van der Waals surface area contributed by atoms with E-state index in [1.165, 1.54) is 0 Å². The van der Waals surface area contributed by atoms with Gasteiger partial charge in [0.05, 0.1) is 18.0 Å². The number of aliphatic imine (C=N–C) groups is 1. The van der Waals surface area contributed by atoms with Crippen molar-refractivity contribution in [1.82, 2.24) is 5.32 Å². The summed E-state index contributed by atoms with van der Waals surface area (Å²) in [5.74, 6) is -0.146. The van der Waals surface area contributed by atoms with E-state index in [-0.39, 0.29) is 18.1 Å². The summed E-state index contributed by atoms with van der Waals surface area (Å²) in [4.78, 5) is 15.9. The predicted octanol–water partition coefficient (Wildman–Crippen LogP) is 2.00. The Morgan fingerprint density at radius 3 is 2.78 bits per heavy atom. The van der Waals surface area contributed by atoms with Crippen LogP contribution in [0.3, 0.4) is 0 Å². The number of hydrogen-bond acceptors (Lipinski definition) is 3. The normalized spacial score (nSPS) is 19.5. The number of carbonyl (C=O) groups excluding carboxylic acids is 1. The number of hydrogen-bond donors (Lipinski definition) is 2. The fourth-order valence-corrected chi connectivity index (χ4v) is 1.90. The number of amides is 1. The Kier molecular flexibility index (Phi) is 4.92. The monoisotopic (exact) mass is 265 g/mol. The minimum atomic E-state index is -0.262. The van der Waals surface area contributed by atoms with Gasteiger partial charge in [0.25, 0.3) is 0 Å². The first-order valence-corrected chi connectivity index (χ1v) is 5.82. The van der Waals surface area contributed by atoms with E-state index in [0.717, 1.165) is 11.3 Å². The molecule has 0 spiro atoms. The van der Waals surface area contributed by atoms with Crippen molar-refractivity contribution in [2.24, 2.45) is 10.7 Å². The van der Waals surface area contributed by atoms with E-state index in [0.29, 0.717) is 10.6 Å². The fourth-order valence-electron chi connectivity index (χ4n) is 1.68. The number of nitrogens with one attached hydrogen (secondary N) is 1. The molecule has 3 N–H and O–H groups in total.